The second kappa shape index (κ2) is 5.90. The lowest BCUT2D eigenvalue weighted by Crippen LogP contribution is -2.28. The number of carbonyl (C=O) groups is 1. The lowest BCUT2D eigenvalue weighted by atomic mass is 9.76. The van der Waals surface area contributed by atoms with Crippen LogP contribution in [0.3, 0.4) is 0 Å². The van der Waals surface area contributed by atoms with Gasteiger partial charge >= 0.3 is 5.97 Å². The number of fused-ring (bicyclic) bond motifs is 1. The number of hydrogen-bond donors (Lipinski definition) is 1. The van der Waals surface area contributed by atoms with E-state index in [1.165, 1.54) is 0 Å². The molecule has 0 bridgehead atoms. The summed E-state index contributed by atoms with van der Waals surface area (Å²) in [5, 5.41) is 14.9. The molecule has 134 valence electrons. The minimum atomic E-state index is -0.595. The summed E-state index contributed by atoms with van der Waals surface area (Å²) < 4.78 is 7.19. The Labute approximate surface area is 148 Å². The molecular weight excluding hydrogens is 316 g/mol. The molecule has 0 spiro atoms. The molecule has 1 aliphatic rings. The zero-order chi connectivity index (χ0) is 18.4. The fourth-order valence-corrected chi connectivity index (χ4v) is 3.26. The number of rotatable bonds is 2. The highest BCUT2D eigenvalue weighted by Crippen LogP contribution is 2.38. The van der Waals surface area contributed by atoms with E-state index in [0.717, 1.165) is 30.5 Å². The van der Waals surface area contributed by atoms with E-state index in [1.807, 2.05) is 26.8 Å². The molecule has 5 heteroatoms. The molecule has 0 aliphatic heterocycles. The van der Waals surface area contributed by atoms with Gasteiger partial charge in [0.05, 0.1) is 5.69 Å². The van der Waals surface area contributed by atoms with Gasteiger partial charge in [-0.3, -0.25) is 0 Å². The molecule has 0 saturated heterocycles. The number of nitrogens with zero attached hydrogens (tertiary/aromatic N) is 2. The third kappa shape index (κ3) is 3.55. The summed E-state index contributed by atoms with van der Waals surface area (Å²) in [4.78, 5) is 12.9. The normalized spacial score (nSPS) is 16.4. The number of aromatic hydroxyl groups is 1. The standard InChI is InChI=1S/C20H26N2O3/c1-19(2,3)25-18(24)17-13-12-20(4,5)11-10-14(13)21-22(17)15-8-6-7-9-16(15)23/h6-9,23H,10-12H2,1-5H3. The van der Waals surface area contributed by atoms with E-state index in [2.05, 4.69) is 18.9 Å². The predicted octanol–water partition coefficient (Wildman–Crippen LogP) is 4.05. The third-order valence-electron chi connectivity index (χ3n) is 4.46. The van der Waals surface area contributed by atoms with E-state index >= 15 is 0 Å². The van der Waals surface area contributed by atoms with Gasteiger partial charge in [-0.1, -0.05) is 26.0 Å². The van der Waals surface area contributed by atoms with E-state index < -0.39 is 11.6 Å². The number of carbonyl (C=O) groups excluding carboxylic acids is 1. The van der Waals surface area contributed by atoms with Gasteiger partial charge in [-0.05, 0) is 57.6 Å². The number of aryl methyl sites for hydroxylation is 1. The molecule has 1 aliphatic carbocycles. The van der Waals surface area contributed by atoms with Crippen molar-refractivity contribution in [3.8, 4) is 11.4 Å². The lowest BCUT2D eigenvalue weighted by molar-refractivity contribution is 0.00576. The SMILES string of the molecule is CC1(C)CCc2nn(-c3ccccc3O)c(C(=O)OC(C)(C)C)c2C1. The molecule has 0 amide bonds. The summed E-state index contributed by atoms with van der Waals surface area (Å²) in [7, 11) is 0. The number of hydrogen-bond acceptors (Lipinski definition) is 4. The minimum Gasteiger partial charge on any atom is -0.506 e. The van der Waals surface area contributed by atoms with Crippen LogP contribution in [-0.4, -0.2) is 26.5 Å². The van der Waals surface area contributed by atoms with Gasteiger partial charge in [-0.2, -0.15) is 5.10 Å². The van der Waals surface area contributed by atoms with Crippen LogP contribution in [0.5, 0.6) is 5.75 Å². The number of aromatic nitrogens is 2. The van der Waals surface area contributed by atoms with Gasteiger partial charge in [0.15, 0.2) is 5.69 Å². The molecule has 3 rings (SSSR count). The molecule has 1 aromatic carbocycles. The van der Waals surface area contributed by atoms with Crippen molar-refractivity contribution in [1.82, 2.24) is 9.78 Å². The first-order valence-corrected chi connectivity index (χ1v) is 8.70. The van der Waals surface area contributed by atoms with E-state index in [4.69, 9.17) is 4.74 Å². The number of esters is 1. The molecule has 1 aromatic heterocycles. The first kappa shape index (κ1) is 17.5. The van der Waals surface area contributed by atoms with Gasteiger partial charge in [0.1, 0.15) is 17.0 Å². The van der Waals surface area contributed by atoms with Crippen LogP contribution >= 0.6 is 0 Å². The van der Waals surface area contributed by atoms with Crippen LogP contribution in [0.1, 0.15) is 62.8 Å². The Bertz CT molecular complexity index is 813. The fraction of sp³-hybridized carbons (Fsp3) is 0.500. The van der Waals surface area contributed by atoms with E-state index in [9.17, 15) is 9.90 Å². The highest BCUT2D eigenvalue weighted by molar-refractivity contribution is 5.91. The van der Waals surface area contributed by atoms with Crippen molar-refractivity contribution in [3.05, 3.63) is 41.2 Å². The van der Waals surface area contributed by atoms with Crippen LogP contribution in [0.25, 0.3) is 5.69 Å². The van der Waals surface area contributed by atoms with Gasteiger partial charge in [-0.15, -0.1) is 0 Å². The molecule has 5 nitrogen and oxygen atoms in total. The number of para-hydroxylation sites is 2. The Kier molecular flexibility index (Phi) is 4.13. The van der Waals surface area contributed by atoms with E-state index in [0.29, 0.717) is 11.4 Å². The number of phenols is 1. The van der Waals surface area contributed by atoms with Crippen molar-refractivity contribution in [3.63, 3.8) is 0 Å². The first-order chi connectivity index (χ1) is 11.6. The Morgan fingerprint density at radius 1 is 1.28 bits per heavy atom. The Balaban J connectivity index is 2.17. The van der Waals surface area contributed by atoms with Gasteiger partial charge in [0, 0.05) is 5.56 Å². The maximum Gasteiger partial charge on any atom is 0.357 e. The van der Waals surface area contributed by atoms with Crippen molar-refractivity contribution in [2.24, 2.45) is 5.41 Å². The highest BCUT2D eigenvalue weighted by Gasteiger charge is 2.35. The van der Waals surface area contributed by atoms with E-state index in [1.54, 1.807) is 22.9 Å². The Hall–Kier alpha value is -2.30. The summed E-state index contributed by atoms with van der Waals surface area (Å²) in [6.45, 7) is 9.95. The average molecular weight is 342 g/mol. The molecule has 0 saturated carbocycles. The van der Waals surface area contributed by atoms with Gasteiger partial charge in [0.25, 0.3) is 0 Å². The fourth-order valence-electron chi connectivity index (χ4n) is 3.26. The minimum absolute atomic E-state index is 0.0893. The molecule has 25 heavy (non-hydrogen) atoms. The predicted molar refractivity (Wildman–Crippen MR) is 96.2 cm³/mol. The van der Waals surface area contributed by atoms with Gasteiger partial charge in [0.2, 0.25) is 0 Å². The number of ether oxygens (including phenoxy) is 1. The summed E-state index contributed by atoms with van der Waals surface area (Å²) in [6.07, 6.45) is 2.61. The van der Waals surface area contributed by atoms with E-state index in [-0.39, 0.29) is 11.2 Å². The van der Waals surface area contributed by atoms with Crippen LogP contribution in [0, 0.1) is 5.41 Å². The quantitative estimate of drug-likeness (QED) is 0.836. The zero-order valence-corrected chi connectivity index (χ0v) is 15.6. The van der Waals surface area contributed by atoms with Crippen molar-refractivity contribution in [2.45, 2.75) is 59.5 Å². The van der Waals surface area contributed by atoms with Crippen molar-refractivity contribution in [1.29, 1.82) is 0 Å². The second-order valence-electron chi connectivity index (χ2n) is 8.52. The molecule has 1 N–H and O–H groups in total. The van der Waals surface area contributed by atoms with Crippen LogP contribution in [-0.2, 0) is 17.6 Å². The van der Waals surface area contributed by atoms with Crippen molar-refractivity contribution in [2.75, 3.05) is 0 Å². The summed E-state index contributed by atoms with van der Waals surface area (Å²) in [5.41, 5.74) is 2.30. The monoisotopic (exact) mass is 342 g/mol. The first-order valence-electron chi connectivity index (χ1n) is 8.70. The number of phenolic OH excluding ortho intramolecular Hbond substituents is 1. The largest absolute Gasteiger partial charge is 0.506 e. The van der Waals surface area contributed by atoms with Gasteiger partial charge < -0.3 is 9.84 Å². The second-order valence-corrected chi connectivity index (χ2v) is 8.52. The molecule has 0 radical (unpaired) electrons. The maximum atomic E-state index is 12.9. The van der Waals surface area contributed by atoms with Crippen LogP contribution in [0.4, 0.5) is 0 Å². The number of benzene rings is 1. The maximum absolute atomic E-state index is 12.9. The lowest BCUT2D eigenvalue weighted by Gasteiger charge is -2.29. The Morgan fingerprint density at radius 3 is 2.60 bits per heavy atom. The van der Waals surface area contributed by atoms with Crippen molar-refractivity contribution < 1.29 is 14.6 Å². The molecule has 0 fully saturated rings. The average Bonchev–Trinajstić information content (AvgIpc) is 2.83. The van der Waals surface area contributed by atoms with Crippen LogP contribution in [0.15, 0.2) is 24.3 Å². The summed E-state index contributed by atoms with van der Waals surface area (Å²) in [5.74, 6) is -0.311. The molecule has 0 atom stereocenters. The third-order valence-corrected chi connectivity index (χ3v) is 4.46. The molecule has 0 unspecified atom stereocenters. The summed E-state index contributed by atoms with van der Waals surface area (Å²) >= 11 is 0. The zero-order valence-electron chi connectivity index (χ0n) is 15.6. The topological polar surface area (TPSA) is 64.3 Å². The molecule has 1 heterocycles. The summed E-state index contributed by atoms with van der Waals surface area (Å²) in [6, 6.07) is 6.92. The van der Waals surface area contributed by atoms with Crippen molar-refractivity contribution >= 4 is 5.97 Å². The molecule has 2 aromatic rings. The van der Waals surface area contributed by atoms with Crippen LogP contribution in [0.2, 0.25) is 0 Å². The highest BCUT2D eigenvalue weighted by atomic mass is 16.6. The van der Waals surface area contributed by atoms with Gasteiger partial charge in [-0.25, -0.2) is 9.48 Å². The Morgan fingerprint density at radius 2 is 1.96 bits per heavy atom. The smallest absolute Gasteiger partial charge is 0.357 e. The van der Waals surface area contributed by atoms with Crippen LogP contribution < -0.4 is 0 Å². The molecular formula is C20H26N2O3.